The zero-order valence-electron chi connectivity index (χ0n) is 22.6. The molecule has 38 heavy (non-hydrogen) atoms. The number of fused-ring (bicyclic) bond motifs is 3. The van der Waals surface area contributed by atoms with Crippen LogP contribution in [0.15, 0.2) is 103 Å². The average Bonchev–Trinajstić information content (AvgIpc) is 3.17. The Balaban J connectivity index is 1.46. The molecule has 5 aromatic rings. The Hall–Kier alpha value is -4.24. The second kappa shape index (κ2) is 8.95. The molecule has 1 aliphatic carbocycles. The van der Waals surface area contributed by atoms with Gasteiger partial charge in [0.05, 0.1) is 11.1 Å². The Morgan fingerprint density at radius 2 is 1.45 bits per heavy atom. The SMILES string of the molecule is Cc1ccnc(Oc2cccc(-c3ccc4c(c3)C(C)(c3cc(C(C)(C)C)ccn3)c3ccccc3-4)c2)c1. The highest BCUT2D eigenvalue weighted by Crippen LogP contribution is 2.53. The van der Waals surface area contributed by atoms with Crippen LogP contribution in [0.3, 0.4) is 0 Å². The summed E-state index contributed by atoms with van der Waals surface area (Å²) in [6, 6.07) is 32.1. The quantitative estimate of drug-likeness (QED) is 0.249. The van der Waals surface area contributed by atoms with Crippen LogP contribution in [0.5, 0.6) is 11.6 Å². The summed E-state index contributed by atoms with van der Waals surface area (Å²) in [5.41, 5.74) is 10.6. The summed E-state index contributed by atoms with van der Waals surface area (Å²) in [6.07, 6.45) is 3.74. The first-order chi connectivity index (χ1) is 18.2. The van der Waals surface area contributed by atoms with Crippen LogP contribution in [-0.4, -0.2) is 9.97 Å². The molecule has 1 atom stereocenters. The predicted molar refractivity (Wildman–Crippen MR) is 155 cm³/mol. The van der Waals surface area contributed by atoms with Gasteiger partial charge in [-0.05, 0) is 100 Å². The normalized spacial score (nSPS) is 16.1. The molecule has 3 aromatic carbocycles. The molecule has 0 bridgehead atoms. The van der Waals surface area contributed by atoms with E-state index >= 15 is 0 Å². The van der Waals surface area contributed by atoms with Gasteiger partial charge in [0.25, 0.3) is 0 Å². The molecule has 0 fully saturated rings. The van der Waals surface area contributed by atoms with Crippen molar-refractivity contribution in [3.8, 4) is 33.9 Å². The van der Waals surface area contributed by atoms with Crippen LogP contribution in [-0.2, 0) is 10.8 Å². The summed E-state index contributed by atoms with van der Waals surface area (Å²) in [6.45, 7) is 11.1. The Morgan fingerprint density at radius 3 is 2.26 bits per heavy atom. The van der Waals surface area contributed by atoms with E-state index in [2.05, 4.69) is 99.4 Å². The van der Waals surface area contributed by atoms with Gasteiger partial charge >= 0.3 is 0 Å². The third-order valence-corrected chi connectivity index (χ3v) is 7.73. The zero-order valence-corrected chi connectivity index (χ0v) is 22.6. The van der Waals surface area contributed by atoms with Crippen LogP contribution < -0.4 is 4.74 Å². The van der Waals surface area contributed by atoms with Crippen molar-refractivity contribution in [1.29, 1.82) is 0 Å². The highest BCUT2D eigenvalue weighted by molar-refractivity contribution is 5.85. The van der Waals surface area contributed by atoms with E-state index in [0.717, 1.165) is 28.1 Å². The predicted octanol–water partition coefficient (Wildman–Crippen LogP) is 8.88. The van der Waals surface area contributed by atoms with Crippen molar-refractivity contribution in [2.45, 2.75) is 45.4 Å². The molecule has 1 aliphatic rings. The van der Waals surface area contributed by atoms with E-state index < -0.39 is 0 Å². The lowest BCUT2D eigenvalue weighted by molar-refractivity contribution is 0.462. The number of nitrogens with zero attached hydrogens (tertiary/aromatic N) is 2. The smallest absolute Gasteiger partial charge is 0.219 e. The number of rotatable bonds is 4. The Morgan fingerprint density at radius 1 is 0.684 bits per heavy atom. The van der Waals surface area contributed by atoms with Crippen molar-refractivity contribution in [1.82, 2.24) is 9.97 Å². The number of hydrogen-bond donors (Lipinski definition) is 0. The van der Waals surface area contributed by atoms with Crippen LogP contribution in [0.2, 0.25) is 0 Å². The maximum absolute atomic E-state index is 6.10. The van der Waals surface area contributed by atoms with Gasteiger partial charge in [-0.15, -0.1) is 0 Å². The van der Waals surface area contributed by atoms with Gasteiger partial charge in [-0.25, -0.2) is 4.98 Å². The van der Waals surface area contributed by atoms with E-state index in [-0.39, 0.29) is 10.8 Å². The number of pyridine rings is 2. The molecule has 0 aliphatic heterocycles. The van der Waals surface area contributed by atoms with Crippen molar-refractivity contribution in [2.75, 3.05) is 0 Å². The summed E-state index contributed by atoms with van der Waals surface area (Å²) in [4.78, 5) is 9.30. The van der Waals surface area contributed by atoms with E-state index in [1.165, 1.54) is 27.8 Å². The van der Waals surface area contributed by atoms with Crippen molar-refractivity contribution in [3.63, 3.8) is 0 Å². The van der Waals surface area contributed by atoms with Gasteiger partial charge in [0.2, 0.25) is 5.88 Å². The molecular formula is C35H32N2O. The average molecular weight is 497 g/mol. The van der Waals surface area contributed by atoms with Crippen LogP contribution in [0, 0.1) is 6.92 Å². The summed E-state index contributed by atoms with van der Waals surface area (Å²) in [5.74, 6) is 1.37. The van der Waals surface area contributed by atoms with Crippen molar-refractivity contribution >= 4 is 0 Å². The van der Waals surface area contributed by atoms with Crippen LogP contribution in [0.4, 0.5) is 0 Å². The van der Waals surface area contributed by atoms with Gasteiger partial charge in [-0.3, -0.25) is 4.98 Å². The van der Waals surface area contributed by atoms with Gasteiger partial charge in [-0.2, -0.15) is 0 Å². The molecule has 2 aromatic heterocycles. The molecule has 0 spiro atoms. The summed E-state index contributed by atoms with van der Waals surface area (Å²) in [7, 11) is 0. The Labute approximate surface area is 225 Å². The van der Waals surface area contributed by atoms with E-state index in [1.807, 2.05) is 37.4 Å². The molecular weight excluding hydrogens is 464 g/mol. The fourth-order valence-corrected chi connectivity index (χ4v) is 5.54. The van der Waals surface area contributed by atoms with E-state index in [4.69, 9.17) is 9.72 Å². The number of ether oxygens (including phenoxy) is 1. The van der Waals surface area contributed by atoms with Crippen LogP contribution in [0.25, 0.3) is 22.3 Å². The first-order valence-electron chi connectivity index (χ1n) is 13.2. The molecule has 3 heteroatoms. The van der Waals surface area contributed by atoms with Gasteiger partial charge in [0.15, 0.2) is 0 Å². The van der Waals surface area contributed by atoms with Gasteiger partial charge in [-0.1, -0.05) is 69.3 Å². The molecule has 2 heterocycles. The van der Waals surface area contributed by atoms with E-state index in [9.17, 15) is 0 Å². The molecule has 1 unspecified atom stereocenters. The minimum Gasteiger partial charge on any atom is -0.439 e. The number of hydrogen-bond acceptors (Lipinski definition) is 3. The molecule has 0 saturated heterocycles. The van der Waals surface area contributed by atoms with E-state index in [1.54, 1.807) is 6.20 Å². The van der Waals surface area contributed by atoms with Crippen LogP contribution >= 0.6 is 0 Å². The highest BCUT2D eigenvalue weighted by Gasteiger charge is 2.42. The van der Waals surface area contributed by atoms with E-state index in [0.29, 0.717) is 5.88 Å². The lowest BCUT2D eigenvalue weighted by Gasteiger charge is -2.29. The minimum atomic E-state index is -0.358. The summed E-state index contributed by atoms with van der Waals surface area (Å²) < 4.78 is 6.10. The Kier molecular flexibility index (Phi) is 5.68. The molecule has 188 valence electrons. The second-order valence-corrected chi connectivity index (χ2v) is 11.4. The maximum atomic E-state index is 6.10. The number of aryl methyl sites for hydroxylation is 1. The lowest BCUT2D eigenvalue weighted by atomic mass is 9.75. The molecule has 3 nitrogen and oxygen atoms in total. The number of benzene rings is 3. The fraction of sp³-hybridized carbons (Fsp3) is 0.200. The molecule has 0 radical (unpaired) electrons. The molecule has 0 N–H and O–H groups in total. The first kappa shape index (κ1) is 24.1. The topological polar surface area (TPSA) is 35.0 Å². The summed E-state index contributed by atoms with van der Waals surface area (Å²) in [5, 5.41) is 0. The largest absolute Gasteiger partial charge is 0.439 e. The molecule has 0 amide bonds. The monoisotopic (exact) mass is 496 g/mol. The second-order valence-electron chi connectivity index (χ2n) is 11.4. The summed E-state index contributed by atoms with van der Waals surface area (Å²) >= 11 is 0. The zero-order chi connectivity index (χ0) is 26.5. The Bertz CT molecular complexity index is 1660. The lowest BCUT2D eigenvalue weighted by Crippen LogP contribution is -2.25. The number of aromatic nitrogens is 2. The fourth-order valence-electron chi connectivity index (χ4n) is 5.54. The van der Waals surface area contributed by atoms with Gasteiger partial charge < -0.3 is 4.74 Å². The first-order valence-corrected chi connectivity index (χ1v) is 13.2. The van der Waals surface area contributed by atoms with Crippen LogP contribution in [0.1, 0.15) is 55.6 Å². The standard InChI is InChI=1S/C35H32N2O/c1-23-15-17-37-33(19-23)38-27-10-8-9-24(20-27)25-13-14-29-28-11-6-7-12-30(28)35(5,31(29)21-25)32-22-26(16-18-36-32)34(2,3)4/h6-22H,1-5H3. The van der Waals surface area contributed by atoms with Gasteiger partial charge in [0.1, 0.15) is 5.75 Å². The third-order valence-electron chi connectivity index (χ3n) is 7.73. The van der Waals surface area contributed by atoms with Crippen molar-refractivity contribution in [3.05, 3.63) is 131 Å². The van der Waals surface area contributed by atoms with Crippen molar-refractivity contribution in [2.24, 2.45) is 0 Å². The highest BCUT2D eigenvalue weighted by atomic mass is 16.5. The molecule has 6 rings (SSSR count). The molecule has 0 saturated carbocycles. The maximum Gasteiger partial charge on any atom is 0.219 e. The van der Waals surface area contributed by atoms with Crippen molar-refractivity contribution < 1.29 is 4.74 Å². The van der Waals surface area contributed by atoms with Gasteiger partial charge in [0, 0.05) is 18.5 Å². The third kappa shape index (κ3) is 4.09. The minimum absolute atomic E-state index is 0.0451.